The first-order valence-electron chi connectivity index (χ1n) is 5.34. The molecule has 2 N–H and O–H groups in total. The molecule has 0 aliphatic heterocycles. The highest BCUT2D eigenvalue weighted by Crippen LogP contribution is 2.35. The van der Waals surface area contributed by atoms with Crippen molar-refractivity contribution in [1.82, 2.24) is 0 Å². The van der Waals surface area contributed by atoms with Crippen molar-refractivity contribution in [3.63, 3.8) is 0 Å². The van der Waals surface area contributed by atoms with Gasteiger partial charge in [0.2, 0.25) is 0 Å². The number of hydrogen-bond acceptors (Lipinski definition) is 3. The van der Waals surface area contributed by atoms with Crippen LogP contribution in [0.4, 0.5) is 5.69 Å². The zero-order chi connectivity index (χ0) is 11.5. The van der Waals surface area contributed by atoms with Gasteiger partial charge in [-0.05, 0) is 37.1 Å². The molecule has 0 saturated heterocycles. The lowest BCUT2D eigenvalue weighted by Crippen LogP contribution is -2.31. The third kappa shape index (κ3) is 2.50. The summed E-state index contributed by atoms with van der Waals surface area (Å²) in [6, 6.07) is 7.38. The number of rotatable bonds is 5. The summed E-state index contributed by atoms with van der Waals surface area (Å²) in [6.07, 6.45) is 4.03. The molecular weight excluding hydrogens is 222 g/mol. The zero-order valence-electron chi connectivity index (χ0n) is 9.14. The number of benzene rings is 1. The van der Waals surface area contributed by atoms with Crippen LogP contribution in [-0.2, 0) is 4.79 Å². The van der Waals surface area contributed by atoms with Gasteiger partial charge in [-0.2, -0.15) is 0 Å². The van der Waals surface area contributed by atoms with E-state index in [0.717, 1.165) is 23.4 Å². The van der Waals surface area contributed by atoms with Crippen LogP contribution < -0.4 is 5.32 Å². The molecule has 1 aliphatic carbocycles. The smallest absolute Gasteiger partial charge is 0.326 e. The van der Waals surface area contributed by atoms with Crippen LogP contribution in [0.1, 0.15) is 12.8 Å². The molecule has 2 rings (SSSR count). The fraction of sp³-hybridized carbons (Fsp3) is 0.417. The third-order valence-corrected chi connectivity index (χ3v) is 3.57. The Balaban J connectivity index is 2.14. The van der Waals surface area contributed by atoms with E-state index in [-0.39, 0.29) is 0 Å². The van der Waals surface area contributed by atoms with Crippen LogP contribution in [0.15, 0.2) is 29.2 Å². The Morgan fingerprint density at radius 1 is 1.50 bits per heavy atom. The summed E-state index contributed by atoms with van der Waals surface area (Å²) in [5, 5.41) is 12.3. The maximum atomic E-state index is 11.1. The van der Waals surface area contributed by atoms with E-state index in [1.54, 1.807) is 11.8 Å². The highest BCUT2D eigenvalue weighted by molar-refractivity contribution is 7.98. The first kappa shape index (κ1) is 11.3. The molecule has 0 aromatic heterocycles. The molecule has 1 aromatic rings. The molecule has 1 saturated carbocycles. The van der Waals surface area contributed by atoms with Crippen molar-refractivity contribution >= 4 is 23.4 Å². The molecule has 16 heavy (non-hydrogen) atoms. The molecule has 0 spiro atoms. The molecule has 0 heterocycles. The number of thioether (sulfide) groups is 1. The highest BCUT2D eigenvalue weighted by Gasteiger charge is 2.36. The minimum Gasteiger partial charge on any atom is -0.480 e. The van der Waals surface area contributed by atoms with Crippen molar-refractivity contribution < 1.29 is 9.90 Å². The Morgan fingerprint density at radius 2 is 2.19 bits per heavy atom. The molecule has 3 nitrogen and oxygen atoms in total. The van der Waals surface area contributed by atoms with E-state index in [0.29, 0.717) is 5.92 Å². The molecular formula is C12H15NO2S. The minimum absolute atomic E-state index is 0.299. The number of carboxylic acids is 1. The Morgan fingerprint density at radius 3 is 2.75 bits per heavy atom. The van der Waals surface area contributed by atoms with Crippen LogP contribution in [-0.4, -0.2) is 23.4 Å². The van der Waals surface area contributed by atoms with Gasteiger partial charge in [0.15, 0.2) is 0 Å². The summed E-state index contributed by atoms with van der Waals surface area (Å²) in [5.41, 5.74) is 0.925. The molecule has 4 heteroatoms. The predicted molar refractivity (Wildman–Crippen MR) is 66.0 cm³/mol. The quantitative estimate of drug-likeness (QED) is 0.773. The van der Waals surface area contributed by atoms with Gasteiger partial charge < -0.3 is 10.4 Å². The fourth-order valence-electron chi connectivity index (χ4n) is 1.74. The van der Waals surface area contributed by atoms with Crippen LogP contribution in [0.3, 0.4) is 0 Å². The van der Waals surface area contributed by atoms with E-state index < -0.39 is 12.0 Å². The lowest BCUT2D eigenvalue weighted by atomic mass is 10.1. The van der Waals surface area contributed by atoms with Crippen molar-refractivity contribution in [2.24, 2.45) is 5.92 Å². The topological polar surface area (TPSA) is 49.3 Å². The van der Waals surface area contributed by atoms with Gasteiger partial charge in [0.05, 0.1) is 0 Å². The summed E-state index contributed by atoms with van der Waals surface area (Å²) in [4.78, 5) is 12.2. The van der Waals surface area contributed by atoms with E-state index >= 15 is 0 Å². The summed E-state index contributed by atoms with van der Waals surface area (Å²) < 4.78 is 0. The van der Waals surface area contributed by atoms with Crippen molar-refractivity contribution in [3.8, 4) is 0 Å². The number of anilines is 1. The first-order chi connectivity index (χ1) is 7.72. The number of para-hydroxylation sites is 1. The summed E-state index contributed by atoms with van der Waals surface area (Å²) in [7, 11) is 0. The Kier molecular flexibility index (Phi) is 3.39. The van der Waals surface area contributed by atoms with Crippen molar-refractivity contribution in [1.29, 1.82) is 0 Å². The highest BCUT2D eigenvalue weighted by atomic mass is 32.2. The summed E-state index contributed by atoms with van der Waals surface area (Å²) >= 11 is 1.63. The molecule has 1 aliphatic rings. The second-order valence-electron chi connectivity index (χ2n) is 4.00. The SMILES string of the molecule is CSc1ccccc1NC(C(=O)O)C1CC1. The molecule has 1 atom stereocenters. The Bertz CT molecular complexity index is 390. The fourth-order valence-corrected chi connectivity index (χ4v) is 2.30. The van der Waals surface area contributed by atoms with Gasteiger partial charge in [-0.1, -0.05) is 12.1 Å². The van der Waals surface area contributed by atoms with E-state index in [1.165, 1.54) is 0 Å². The normalized spacial score (nSPS) is 16.8. The van der Waals surface area contributed by atoms with Crippen LogP contribution >= 0.6 is 11.8 Å². The van der Waals surface area contributed by atoms with Crippen LogP contribution in [0, 0.1) is 5.92 Å². The van der Waals surface area contributed by atoms with Crippen molar-refractivity contribution in [2.75, 3.05) is 11.6 Å². The van der Waals surface area contributed by atoms with Crippen LogP contribution in [0.5, 0.6) is 0 Å². The number of carbonyl (C=O) groups is 1. The average Bonchev–Trinajstić information content (AvgIpc) is 3.10. The maximum Gasteiger partial charge on any atom is 0.326 e. The number of carboxylic acid groups (broad SMARTS) is 1. The third-order valence-electron chi connectivity index (χ3n) is 2.78. The van der Waals surface area contributed by atoms with Gasteiger partial charge >= 0.3 is 5.97 Å². The number of nitrogens with one attached hydrogen (secondary N) is 1. The van der Waals surface area contributed by atoms with E-state index in [4.69, 9.17) is 5.11 Å². The zero-order valence-corrected chi connectivity index (χ0v) is 9.96. The van der Waals surface area contributed by atoms with Crippen LogP contribution in [0.25, 0.3) is 0 Å². The lowest BCUT2D eigenvalue weighted by molar-refractivity contribution is -0.138. The summed E-state index contributed by atoms with van der Waals surface area (Å²) in [5.74, 6) is -0.453. The molecule has 1 fully saturated rings. The predicted octanol–water partition coefficient (Wildman–Crippen LogP) is 2.68. The molecule has 0 radical (unpaired) electrons. The Hall–Kier alpha value is -1.16. The van der Waals surface area contributed by atoms with Crippen LogP contribution in [0.2, 0.25) is 0 Å². The second kappa shape index (κ2) is 4.78. The van der Waals surface area contributed by atoms with E-state index in [2.05, 4.69) is 5.32 Å². The summed E-state index contributed by atoms with van der Waals surface area (Å²) in [6.45, 7) is 0. The lowest BCUT2D eigenvalue weighted by Gasteiger charge is -2.17. The Labute approximate surface area is 99.2 Å². The van der Waals surface area contributed by atoms with Gasteiger partial charge in [-0.25, -0.2) is 4.79 Å². The largest absolute Gasteiger partial charge is 0.480 e. The van der Waals surface area contributed by atoms with Gasteiger partial charge in [-0.15, -0.1) is 11.8 Å². The van der Waals surface area contributed by atoms with Gasteiger partial charge in [0.1, 0.15) is 6.04 Å². The van der Waals surface area contributed by atoms with Gasteiger partial charge in [0, 0.05) is 10.6 Å². The van der Waals surface area contributed by atoms with Crippen molar-refractivity contribution in [3.05, 3.63) is 24.3 Å². The molecule has 0 bridgehead atoms. The van der Waals surface area contributed by atoms with E-state index in [9.17, 15) is 4.79 Å². The number of hydrogen-bond donors (Lipinski definition) is 2. The monoisotopic (exact) mass is 237 g/mol. The average molecular weight is 237 g/mol. The molecule has 1 unspecified atom stereocenters. The molecule has 86 valence electrons. The maximum absolute atomic E-state index is 11.1. The minimum atomic E-state index is -0.751. The molecule has 1 aromatic carbocycles. The van der Waals surface area contributed by atoms with Gasteiger partial charge in [0.25, 0.3) is 0 Å². The standard InChI is InChI=1S/C12H15NO2S/c1-16-10-5-3-2-4-9(10)13-11(12(14)15)8-6-7-8/h2-5,8,11,13H,6-7H2,1H3,(H,14,15). The van der Waals surface area contributed by atoms with Gasteiger partial charge in [-0.3, -0.25) is 0 Å². The van der Waals surface area contributed by atoms with Crippen molar-refractivity contribution in [2.45, 2.75) is 23.8 Å². The first-order valence-corrected chi connectivity index (χ1v) is 6.57. The van der Waals surface area contributed by atoms with E-state index in [1.807, 2.05) is 30.5 Å². The molecule has 0 amide bonds. The number of aliphatic carboxylic acids is 1. The second-order valence-corrected chi connectivity index (χ2v) is 4.85.